The van der Waals surface area contributed by atoms with Crippen LogP contribution in [0, 0.1) is 0 Å². The molecule has 0 unspecified atom stereocenters. The van der Waals surface area contributed by atoms with Crippen molar-refractivity contribution in [2.45, 2.75) is 65.1 Å². The van der Waals surface area contributed by atoms with Crippen molar-refractivity contribution in [1.29, 1.82) is 0 Å². The molecule has 31 heavy (non-hydrogen) atoms. The topological polar surface area (TPSA) is 96.2 Å². The predicted octanol–water partition coefficient (Wildman–Crippen LogP) is 5.12. The second-order valence-corrected chi connectivity index (χ2v) is 9.17. The van der Waals surface area contributed by atoms with Gasteiger partial charge in [-0.05, 0) is 64.7 Å². The van der Waals surface area contributed by atoms with E-state index in [1.165, 1.54) is 12.1 Å². The molecule has 0 radical (unpaired) electrons. The number of hydrogen-bond donors (Lipinski definition) is 3. The van der Waals surface area contributed by atoms with Crippen molar-refractivity contribution >= 4 is 5.78 Å². The van der Waals surface area contributed by atoms with Crippen LogP contribution in [0.15, 0.2) is 29.8 Å². The quantitative estimate of drug-likeness (QED) is 0.467. The van der Waals surface area contributed by atoms with E-state index in [0.717, 1.165) is 17.6 Å². The van der Waals surface area contributed by atoms with Gasteiger partial charge in [0.2, 0.25) is 0 Å². The normalized spacial score (nSPS) is 19.0. The maximum atomic E-state index is 13.1. The Labute approximate surface area is 181 Å². The number of benzene rings is 2. The lowest BCUT2D eigenvalue weighted by Gasteiger charge is -2.37. The van der Waals surface area contributed by atoms with Crippen LogP contribution in [0.3, 0.4) is 0 Å². The maximum absolute atomic E-state index is 13.1. The van der Waals surface area contributed by atoms with Crippen LogP contribution in [-0.4, -0.2) is 26.7 Å². The van der Waals surface area contributed by atoms with Gasteiger partial charge in [0.25, 0.3) is 0 Å². The minimum absolute atomic E-state index is 0.0258. The number of Topliss-reactive ketones (excluding diaryl/α,β-unsaturated/α-hetero) is 1. The van der Waals surface area contributed by atoms with E-state index >= 15 is 0 Å². The van der Waals surface area contributed by atoms with Crippen molar-refractivity contribution < 1.29 is 29.6 Å². The average molecular weight is 424 g/mol. The smallest absolute Gasteiger partial charge is 0.174 e. The highest BCUT2D eigenvalue weighted by atomic mass is 16.5. The second-order valence-electron chi connectivity index (χ2n) is 9.17. The molecule has 0 spiro atoms. The van der Waals surface area contributed by atoms with Crippen molar-refractivity contribution in [2.24, 2.45) is 0 Å². The number of ketones is 1. The molecule has 0 aliphatic carbocycles. The average Bonchev–Trinajstić information content (AvgIpc) is 2.68. The van der Waals surface area contributed by atoms with Crippen LogP contribution in [0.4, 0.5) is 0 Å². The Bertz CT molecular complexity index is 1090. The summed E-state index contributed by atoms with van der Waals surface area (Å²) < 4.78 is 12.6. The zero-order chi connectivity index (χ0) is 22.5. The number of fused-ring (bicyclic) bond motifs is 2. The molecule has 0 amide bonds. The number of carbonyl (C=O) groups is 1. The first-order chi connectivity index (χ1) is 14.6. The van der Waals surface area contributed by atoms with E-state index in [4.69, 9.17) is 9.47 Å². The Hall–Kier alpha value is -3.15. The van der Waals surface area contributed by atoms with Gasteiger partial charge in [-0.3, -0.25) is 4.79 Å². The molecule has 2 aromatic rings. The summed E-state index contributed by atoms with van der Waals surface area (Å²) in [6, 6.07) is 4.38. The van der Waals surface area contributed by atoms with E-state index in [-0.39, 0.29) is 35.0 Å². The summed E-state index contributed by atoms with van der Waals surface area (Å²) in [6.07, 6.45) is 3.28. The van der Waals surface area contributed by atoms with Crippen molar-refractivity contribution in [3.8, 4) is 28.7 Å². The molecule has 0 aromatic heterocycles. The summed E-state index contributed by atoms with van der Waals surface area (Å²) in [5.74, 6) is 0.133. The lowest BCUT2D eigenvalue weighted by molar-refractivity contribution is 0.0769. The molecule has 6 heteroatoms. The van der Waals surface area contributed by atoms with Gasteiger partial charge in [0.15, 0.2) is 17.3 Å². The number of phenols is 3. The number of rotatable bonds is 3. The highest BCUT2D eigenvalue weighted by Gasteiger charge is 2.39. The van der Waals surface area contributed by atoms with Gasteiger partial charge in [-0.2, -0.15) is 0 Å². The molecule has 2 aromatic carbocycles. The number of carbonyl (C=O) groups excluding carboxylic acids is 1. The van der Waals surface area contributed by atoms with E-state index < -0.39 is 11.7 Å². The Morgan fingerprint density at radius 2 is 1.90 bits per heavy atom. The van der Waals surface area contributed by atoms with Crippen molar-refractivity contribution in [3.05, 3.63) is 52.1 Å². The van der Waals surface area contributed by atoms with Gasteiger partial charge >= 0.3 is 0 Å². The third kappa shape index (κ3) is 3.82. The van der Waals surface area contributed by atoms with Crippen LogP contribution in [-0.2, 0) is 12.8 Å². The third-order valence-electron chi connectivity index (χ3n) is 5.92. The van der Waals surface area contributed by atoms with Gasteiger partial charge < -0.3 is 24.8 Å². The summed E-state index contributed by atoms with van der Waals surface area (Å²) >= 11 is 0. The summed E-state index contributed by atoms with van der Waals surface area (Å²) in [5, 5.41) is 30.5. The lowest BCUT2D eigenvalue weighted by Crippen LogP contribution is -2.34. The van der Waals surface area contributed by atoms with Gasteiger partial charge in [-0.25, -0.2) is 0 Å². The number of phenolic OH excluding ortho intramolecular Hbond substituents is 3. The van der Waals surface area contributed by atoms with Crippen molar-refractivity contribution in [1.82, 2.24) is 0 Å². The van der Waals surface area contributed by atoms with E-state index in [2.05, 4.69) is 0 Å². The largest absolute Gasteiger partial charge is 0.507 e. The number of hydrogen-bond acceptors (Lipinski definition) is 6. The fourth-order valence-electron chi connectivity index (χ4n) is 4.17. The van der Waals surface area contributed by atoms with Gasteiger partial charge in [0.05, 0.1) is 6.42 Å². The molecule has 2 aliphatic rings. The van der Waals surface area contributed by atoms with Gasteiger partial charge in [-0.1, -0.05) is 17.7 Å². The second kappa shape index (κ2) is 7.52. The molecule has 6 nitrogen and oxygen atoms in total. The number of aromatic hydroxyl groups is 3. The zero-order valence-electron chi connectivity index (χ0n) is 18.3. The van der Waals surface area contributed by atoms with E-state index in [0.29, 0.717) is 35.5 Å². The maximum Gasteiger partial charge on any atom is 0.174 e. The van der Waals surface area contributed by atoms with E-state index in [1.807, 2.05) is 33.8 Å². The molecule has 0 saturated carbocycles. The van der Waals surface area contributed by atoms with Crippen LogP contribution in [0.1, 0.15) is 73.7 Å². The Kier molecular flexibility index (Phi) is 5.12. The fourth-order valence-corrected chi connectivity index (χ4v) is 4.17. The molecule has 2 heterocycles. The van der Waals surface area contributed by atoms with Crippen LogP contribution in [0.25, 0.3) is 0 Å². The highest BCUT2D eigenvalue weighted by Crippen LogP contribution is 2.52. The molecule has 0 saturated heterocycles. The standard InChI is InChI=1S/C25H28O6/c1-13(2)5-7-16-23-15(9-10-25(3,4)31-23)22(29)21-19(28)12-20(30-24(16)21)14-6-8-17(26)18(27)11-14/h5-6,8,11,20,26-27,29H,7,9-10,12H2,1-4H3/t20-/m1/s1. The summed E-state index contributed by atoms with van der Waals surface area (Å²) in [5.41, 5.74) is 2.91. The molecule has 0 fully saturated rings. The first-order valence-corrected chi connectivity index (χ1v) is 10.5. The molecular weight excluding hydrogens is 396 g/mol. The Morgan fingerprint density at radius 1 is 1.16 bits per heavy atom. The van der Waals surface area contributed by atoms with Crippen molar-refractivity contribution in [2.75, 3.05) is 0 Å². The van der Waals surface area contributed by atoms with Crippen LogP contribution in [0.5, 0.6) is 28.7 Å². The first kappa shape index (κ1) is 21.1. The first-order valence-electron chi connectivity index (χ1n) is 10.5. The van der Waals surface area contributed by atoms with Crippen LogP contribution in [0.2, 0.25) is 0 Å². The third-order valence-corrected chi connectivity index (χ3v) is 5.92. The van der Waals surface area contributed by atoms with Gasteiger partial charge in [-0.15, -0.1) is 0 Å². The Balaban J connectivity index is 1.88. The van der Waals surface area contributed by atoms with E-state index in [9.17, 15) is 20.1 Å². The molecule has 0 bridgehead atoms. The SMILES string of the molecule is CC(C)=CCc1c2c(c(O)c3c1O[C@@H](c1ccc(O)c(O)c1)CC3=O)CCC(C)(C)O2. The molecule has 1 atom stereocenters. The molecule has 4 rings (SSSR count). The molecule has 2 aliphatic heterocycles. The van der Waals surface area contributed by atoms with Crippen LogP contribution >= 0.6 is 0 Å². The fraction of sp³-hybridized carbons (Fsp3) is 0.400. The summed E-state index contributed by atoms with van der Waals surface area (Å²) in [4.78, 5) is 13.1. The van der Waals surface area contributed by atoms with Gasteiger partial charge in [0.1, 0.15) is 34.5 Å². The number of allylic oxidation sites excluding steroid dienone is 2. The summed E-state index contributed by atoms with van der Waals surface area (Å²) in [6.45, 7) is 8.01. The Morgan fingerprint density at radius 3 is 2.58 bits per heavy atom. The van der Waals surface area contributed by atoms with Gasteiger partial charge in [0, 0.05) is 11.1 Å². The minimum Gasteiger partial charge on any atom is -0.507 e. The van der Waals surface area contributed by atoms with Crippen molar-refractivity contribution in [3.63, 3.8) is 0 Å². The molecule has 164 valence electrons. The highest BCUT2D eigenvalue weighted by molar-refractivity contribution is 6.04. The number of ether oxygens (including phenoxy) is 2. The van der Waals surface area contributed by atoms with Crippen LogP contribution < -0.4 is 9.47 Å². The van der Waals surface area contributed by atoms with E-state index in [1.54, 1.807) is 6.07 Å². The molecular formula is C25H28O6. The summed E-state index contributed by atoms with van der Waals surface area (Å²) in [7, 11) is 0. The zero-order valence-corrected chi connectivity index (χ0v) is 18.3. The minimum atomic E-state index is -0.647. The predicted molar refractivity (Wildman–Crippen MR) is 116 cm³/mol. The lowest BCUT2D eigenvalue weighted by atomic mass is 9.85. The molecule has 3 N–H and O–H groups in total. The monoisotopic (exact) mass is 424 g/mol.